The molecule has 0 fully saturated rings. The smallest absolute Gasteiger partial charge is 1.00 e. The average molecular weight is 408 g/mol. The van der Waals surface area contributed by atoms with E-state index >= 15 is 0 Å². The van der Waals surface area contributed by atoms with Gasteiger partial charge in [-0.15, -0.1) is 29.7 Å². The number of amides is 1. The molecular weight excluding hydrogens is 388 g/mol. The van der Waals surface area contributed by atoms with Crippen LogP contribution in [0.5, 0.6) is 0 Å². The SMILES string of the molecule is CCC([NH-])=O.C[Si]C.[Cl-].[Cl-].[Zr+4].c1ccc2[cH-]ccc2c1. The van der Waals surface area contributed by atoms with Crippen molar-refractivity contribution < 1.29 is 55.8 Å². The normalized spacial score (nSPS) is 7.35. The van der Waals surface area contributed by atoms with Gasteiger partial charge >= 0.3 is 26.2 Å². The molecule has 0 saturated heterocycles. The van der Waals surface area contributed by atoms with E-state index in [1.54, 1.807) is 6.92 Å². The van der Waals surface area contributed by atoms with Crippen LogP contribution in [0.1, 0.15) is 13.3 Å². The van der Waals surface area contributed by atoms with Crippen LogP contribution in [0.25, 0.3) is 16.5 Å². The zero-order valence-electron chi connectivity index (χ0n) is 11.9. The molecule has 0 atom stereocenters. The predicted octanol–water partition coefficient (Wildman–Crippen LogP) is -1.67. The van der Waals surface area contributed by atoms with Crippen molar-refractivity contribution in [3.63, 3.8) is 0 Å². The molecule has 1 amide bonds. The van der Waals surface area contributed by atoms with Crippen molar-refractivity contribution in [3.8, 4) is 0 Å². The number of carbonyl (C=O) groups is 1. The summed E-state index contributed by atoms with van der Waals surface area (Å²) in [5, 5.41) is 2.66. The van der Waals surface area contributed by atoms with Gasteiger partial charge < -0.3 is 35.3 Å². The maximum absolute atomic E-state index is 9.48. The van der Waals surface area contributed by atoms with E-state index in [1.807, 2.05) is 0 Å². The Morgan fingerprint density at radius 1 is 1.20 bits per heavy atom. The van der Waals surface area contributed by atoms with Crippen molar-refractivity contribution in [1.29, 1.82) is 0 Å². The fraction of sp³-hybridized carbons (Fsp3) is 0.286. The number of halogens is 2. The van der Waals surface area contributed by atoms with Crippen molar-refractivity contribution in [3.05, 3.63) is 48.2 Å². The van der Waals surface area contributed by atoms with Gasteiger partial charge in [0.05, 0.1) is 0 Å². The van der Waals surface area contributed by atoms with Gasteiger partial charge in [-0.1, -0.05) is 26.1 Å². The number of nitrogens with one attached hydrogen (secondary N) is 1. The second-order valence-electron chi connectivity index (χ2n) is 3.43. The van der Waals surface area contributed by atoms with Crippen LogP contribution in [0, 0.1) is 0 Å². The zero-order chi connectivity index (χ0) is 13.1. The molecule has 2 aromatic rings. The molecule has 0 aromatic heterocycles. The third-order valence-corrected chi connectivity index (χ3v) is 1.87. The summed E-state index contributed by atoms with van der Waals surface area (Å²) in [6.07, 6.45) is 0.333. The first-order valence-electron chi connectivity index (χ1n) is 5.59. The van der Waals surface area contributed by atoms with Crippen LogP contribution < -0.4 is 24.8 Å². The van der Waals surface area contributed by atoms with E-state index in [0.717, 1.165) is 9.52 Å². The first-order chi connectivity index (χ1) is 8.15. The molecule has 2 nitrogen and oxygen atoms in total. The molecule has 0 bridgehead atoms. The first kappa shape index (κ1) is 28.2. The molecule has 0 aliphatic carbocycles. The van der Waals surface area contributed by atoms with Crippen LogP contribution in [0.4, 0.5) is 0 Å². The molecule has 0 heterocycles. The molecule has 108 valence electrons. The second kappa shape index (κ2) is 19.0. The van der Waals surface area contributed by atoms with Crippen molar-refractivity contribution in [2.75, 3.05) is 0 Å². The van der Waals surface area contributed by atoms with E-state index in [0.29, 0.717) is 6.42 Å². The quantitative estimate of drug-likeness (QED) is 0.412. The first-order valence-corrected chi connectivity index (χ1v) is 7.59. The molecule has 0 aliphatic rings. The van der Waals surface area contributed by atoms with E-state index in [4.69, 9.17) is 5.73 Å². The Kier molecular flexibility index (Phi) is 26.7. The maximum Gasteiger partial charge on any atom is 4.00 e. The number of rotatable bonds is 1. The Hall–Kier alpha value is -0.0200. The van der Waals surface area contributed by atoms with Crippen molar-refractivity contribution in [2.45, 2.75) is 26.4 Å². The van der Waals surface area contributed by atoms with E-state index < -0.39 is 5.91 Å². The van der Waals surface area contributed by atoms with Gasteiger partial charge in [0, 0.05) is 15.4 Å². The monoisotopic (exact) mass is 405 g/mol. The fourth-order valence-electron chi connectivity index (χ4n) is 1.07. The fourth-order valence-corrected chi connectivity index (χ4v) is 1.07. The minimum absolute atomic E-state index is 0. The number of fused-ring (bicyclic) bond motifs is 1. The van der Waals surface area contributed by atoms with Gasteiger partial charge in [0.15, 0.2) is 0 Å². The van der Waals surface area contributed by atoms with Crippen LogP contribution in [-0.2, 0) is 31.0 Å². The molecule has 20 heavy (non-hydrogen) atoms. The Bertz CT molecular complexity index is 408. The maximum atomic E-state index is 9.48. The van der Waals surface area contributed by atoms with E-state index in [1.165, 1.54) is 10.8 Å². The van der Waals surface area contributed by atoms with Gasteiger partial charge in [-0.25, -0.2) is 0 Å². The van der Waals surface area contributed by atoms with Crippen LogP contribution in [-0.4, -0.2) is 15.4 Å². The van der Waals surface area contributed by atoms with Gasteiger partial charge in [0.2, 0.25) is 0 Å². The minimum atomic E-state index is -0.495. The average Bonchev–Trinajstić information content (AvgIpc) is 2.78. The summed E-state index contributed by atoms with van der Waals surface area (Å²) in [6, 6.07) is 14.7. The molecular formula is C14H19Cl2NOSiZr. The van der Waals surface area contributed by atoms with Crippen LogP contribution >= 0.6 is 0 Å². The van der Waals surface area contributed by atoms with Gasteiger partial charge in [0.25, 0.3) is 0 Å². The number of hydrogen-bond donors (Lipinski definition) is 0. The number of benzene rings is 1. The van der Waals surface area contributed by atoms with Crippen LogP contribution in [0.2, 0.25) is 13.1 Å². The van der Waals surface area contributed by atoms with Gasteiger partial charge in [-0.2, -0.15) is 17.5 Å². The Morgan fingerprint density at radius 3 is 2.05 bits per heavy atom. The topological polar surface area (TPSA) is 40.9 Å². The van der Waals surface area contributed by atoms with E-state index in [2.05, 4.69) is 55.6 Å². The number of hydrogen-bond acceptors (Lipinski definition) is 1. The third kappa shape index (κ3) is 14.4. The van der Waals surface area contributed by atoms with Gasteiger partial charge in [-0.3, -0.25) is 0 Å². The van der Waals surface area contributed by atoms with Crippen LogP contribution in [0.15, 0.2) is 42.5 Å². The summed E-state index contributed by atoms with van der Waals surface area (Å²) in [4.78, 5) is 9.48. The molecule has 2 rings (SSSR count). The summed E-state index contributed by atoms with van der Waals surface area (Å²) in [7, 11) is 1.08. The summed E-state index contributed by atoms with van der Waals surface area (Å²) in [5.74, 6) is -0.495. The summed E-state index contributed by atoms with van der Waals surface area (Å²) >= 11 is 0. The molecule has 0 aliphatic heterocycles. The molecule has 0 saturated carbocycles. The minimum Gasteiger partial charge on any atom is -1.00 e. The van der Waals surface area contributed by atoms with Crippen LogP contribution in [0.3, 0.4) is 0 Å². The Balaban J connectivity index is -0.000000103. The van der Waals surface area contributed by atoms with Crippen molar-refractivity contribution in [1.82, 2.24) is 0 Å². The third-order valence-electron chi connectivity index (χ3n) is 1.87. The van der Waals surface area contributed by atoms with Crippen molar-refractivity contribution >= 4 is 26.2 Å². The molecule has 2 aromatic carbocycles. The Labute approximate surface area is 156 Å². The largest absolute Gasteiger partial charge is 4.00 e. The van der Waals surface area contributed by atoms with Gasteiger partial charge in [0.1, 0.15) is 0 Å². The summed E-state index contributed by atoms with van der Waals surface area (Å²) in [5.41, 5.74) is 6.19. The predicted molar refractivity (Wildman–Crippen MR) is 76.6 cm³/mol. The Morgan fingerprint density at radius 2 is 1.65 bits per heavy atom. The van der Waals surface area contributed by atoms with E-state index in [-0.39, 0.29) is 51.0 Å². The van der Waals surface area contributed by atoms with E-state index in [9.17, 15) is 4.79 Å². The van der Waals surface area contributed by atoms with Crippen molar-refractivity contribution in [2.24, 2.45) is 0 Å². The molecule has 1 N–H and O–H groups in total. The number of carbonyl (C=O) groups excluding carboxylic acids is 1. The standard InChI is InChI=1S/C9H7.C3H7NO.C2H6Si.2ClH.Zr/c1-2-5-9-7-3-6-8(9)4-1;1-2-3(4)5;1-3-2;;;/h1-7H;2H2,1H3,(H2,4,5);1-2H3;2*1H;/q-1;;;;;+4/p-3. The molecule has 0 unspecified atom stereocenters. The second-order valence-corrected chi connectivity index (χ2v) is 4.43. The molecule has 6 heteroatoms. The zero-order valence-corrected chi connectivity index (χ0v) is 16.9. The summed E-state index contributed by atoms with van der Waals surface area (Å²) in [6.45, 7) is 5.97. The molecule has 2 radical (unpaired) electrons. The van der Waals surface area contributed by atoms with Gasteiger partial charge in [-0.05, 0) is 6.42 Å². The molecule has 0 spiro atoms. The summed E-state index contributed by atoms with van der Waals surface area (Å²) < 4.78 is 0.